The minimum atomic E-state index is -0.0501. The van der Waals surface area contributed by atoms with Gasteiger partial charge in [-0.1, -0.05) is 53.7 Å². The Morgan fingerprint density at radius 1 is 1.17 bits per heavy atom. The van der Waals surface area contributed by atoms with Gasteiger partial charge in [-0.2, -0.15) is 4.98 Å². The Labute approximate surface area is 169 Å². The molecule has 0 bridgehead atoms. The van der Waals surface area contributed by atoms with Crippen molar-refractivity contribution >= 4 is 6.03 Å². The van der Waals surface area contributed by atoms with Crippen molar-refractivity contribution < 1.29 is 14.1 Å². The average Bonchev–Trinajstić information content (AvgIpc) is 3.16. The number of methoxy groups -OCH3 is 1. The van der Waals surface area contributed by atoms with E-state index in [1.165, 1.54) is 5.56 Å². The van der Waals surface area contributed by atoms with Crippen LogP contribution in [-0.2, 0) is 12.8 Å². The first kappa shape index (κ1) is 19.0. The number of nitrogens with zero attached hydrogens (tertiary/aromatic N) is 3. The van der Waals surface area contributed by atoms with E-state index in [4.69, 9.17) is 9.26 Å². The van der Waals surface area contributed by atoms with Gasteiger partial charge in [0, 0.05) is 31.6 Å². The molecule has 3 aromatic rings. The van der Waals surface area contributed by atoms with Crippen molar-refractivity contribution in [2.45, 2.75) is 18.8 Å². The van der Waals surface area contributed by atoms with Crippen molar-refractivity contribution in [3.63, 3.8) is 0 Å². The van der Waals surface area contributed by atoms with Crippen molar-refractivity contribution in [3.8, 4) is 5.75 Å². The summed E-state index contributed by atoms with van der Waals surface area (Å²) in [5.74, 6) is 2.10. The molecule has 1 aliphatic rings. The number of para-hydroxylation sites is 1. The largest absolute Gasteiger partial charge is 0.496 e. The molecule has 150 valence electrons. The van der Waals surface area contributed by atoms with Crippen LogP contribution in [-0.4, -0.2) is 47.8 Å². The molecule has 0 aliphatic carbocycles. The Kier molecular flexibility index (Phi) is 5.74. The van der Waals surface area contributed by atoms with Gasteiger partial charge in [0.05, 0.1) is 13.0 Å². The summed E-state index contributed by atoms with van der Waals surface area (Å²) in [7, 11) is 1.65. The molecule has 1 aromatic heterocycles. The van der Waals surface area contributed by atoms with E-state index in [-0.39, 0.29) is 11.9 Å². The maximum atomic E-state index is 12.2. The van der Waals surface area contributed by atoms with Gasteiger partial charge in [0.15, 0.2) is 5.82 Å². The monoisotopic (exact) mass is 392 g/mol. The fraction of sp³-hybridized carbons (Fsp3) is 0.318. The molecule has 4 rings (SSSR count). The highest BCUT2D eigenvalue weighted by Gasteiger charge is 2.35. The summed E-state index contributed by atoms with van der Waals surface area (Å²) in [6.45, 7) is 1.80. The predicted octanol–water partition coefficient (Wildman–Crippen LogP) is 3.02. The van der Waals surface area contributed by atoms with Crippen molar-refractivity contribution in [1.82, 2.24) is 20.4 Å². The molecule has 0 atom stereocenters. The van der Waals surface area contributed by atoms with Gasteiger partial charge >= 0.3 is 6.03 Å². The van der Waals surface area contributed by atoms with Crippen molar-refractivity contribution in [2.24, 2.45) is 0 Å². The number of ether oxygens (including phenoxy) is 1. The predicted molar refractivity (Wildman–Crippen MR) is 108 cm³/mol. The Morgan fingerprint density at radius 2 is 1.93 bits per heavy atom. The number of aromatic nitrogens is 2. The fourth-order valence-electron chi connectivity index (χ4n) is 3.40. The van der Waals surface area contributed by atoms with E-state index in [0.717, 1.165) is 17.7 Å². The van der Waals surface area contributed by atoms with Crippen molar-refractivity contribution in [2.75, 3.05) is 26.7 Å². The van der Waals surface area contributed by atoms with Gasteiger partial charge in [-0.25, -0.2) is 4.79 Å². The molecule has 0 spiro atoms. The van der Waals surface area contributed by atoms with Crippen molar-refractivity contribution in [3.05, 3.63) is 77.4 Å². The molecule has 1 fully saturated rings. The third-order valence-electron chi connectivity index (χ3n) is 5.08. The van der Waals surface area contributed by atoms with E-state index in [2.05, 4.69) is 27.6 Å². The minimum absolute atomic E-state index is 0.0501. The van der Waals surface area contributed by atoms with Crippen LogP contribution in [0.25, 0.3) is 0 Å². The quantitative estimate of drug-likeness (QED) is 0.669. The third-order valence-corrected chi connectivity index (χ3v) is 5.08. The second-order valence-electron chi connectivity index (χ2n) is 7.11. The standard InChI is InChI=1S/C22H24N4O3/c1-28-19-10-6-5-9-17(19)13-20-24-21(29-25-20)18-14-26(15-18)22(27)23-12-11-16-7-3-2-4-8-16/h2-10,18H,11-15H2,1H3,(H,23,27). The zero-order valence-corrected chi connectivity index (χ0v) is 16.4. The SMILES string of the molecule is COc1ccccc1Cc1noc(C2CN(C(=O)NCCc3ccccc3)C2)n1. The molecule has 1 aliphatic heterocycles. The first-order valence-corrected chi connectivity index (χ1v) is 9.74. The number of rotatable bonds is 7. The van der Waals surface area contributed by atoms with Gasteiger partial charge in [0.1, 0.15) is 5.75 Å². The van der Waals surface area contributed by atoms with Crippen LogP contribution in [0.15, 0.2) is 59.1 Å². The summed E-state index contributed by atoms with van der Waals surface area (Å²) >= 11 is 0. The summed E-state index contributed by atoms with van der Waals surface area (Å²) in [6, 6.07) is 17.8. The second kappa shape index (κ2) is 8.77. The molecule has 7 nitrogen and oxygen atoms in total. The number of carbonyl (C=O) groups is 1. The fourth-order valence-corrected chi connectivity index (χ4v) is 3.40. The molecule has 0 unspecified atom stereocenters. The van der Waals surface area contributed by atoms with Crippen LogP contribution >= 0.6 is 0 Å². The number of amides is 2. The topological polar surface area (TPSA) is 80.5 Å². The Morgan fingerprint density at radius 3 is 2.72 bits per heavy atom. The molecule has 2 amide bonds. The lowest BCUT2D eigenvalue weighted by Gasteiger charge is -2.36. The lowest BCUT2D eigenvalue weighted by molar-refractivity contribution is 0.137. The second-order valence-corrected chi connectivity index (χ2v) is 7.11. The lowest BCUT2D eigenvalue weighted by Crippen LogP contribution is -2.52. The van der Waals surface area contributed by atoms with Gasteiger partial charge in [0.25, 0.3) is 0 Å². The molecule has 2 aromatic carbocycles. The highest BCUT2D eigenvalue weighted by molar-refractivity contribution is 5.75. The van der Waals surface area contributed by atoms with Gasteiger partial charge in [-0.05, 0) is 18.1 Å². The number of hydrogen-bond acceptors (Lipinski definition) is 5. The zero-order valence-electron chi connectivity index (χ0n) is 16.4. The van der Waals surface area contributed by atoms with Crippen LogP contribution in [0.5, 0.6) is 5.75 Å². The van der Waals surface area contributed by atoms with E-state index in [0.29, 0.717) is 37.8 Å². The van der Waals surface area contributed by atoms with Crippen LogP contribution in [0.4, 0.5) is 4.79 Å². The smallest absolute Gasteiger partial charge is 0.317 e. The molecule has 29 heavy (non-hydrogen) atoms. The minimum Gasteiger partial charge on any atom is -0.496 e. The third kappa shape index (κ3) is 4.56. The lowest BCUT2D eigenvalue weighted by atomic mass is 10.0. The van der Waals surface area contributed by atoms with Gasteiger partial charge < -0.3 is 19.5 Å². The Hall–Kier alpha value is -3.35. The van der Waals surface area contributed by atoms with Crippen LogP contribution in [0, 0.1) is 0 Å². The highest BCUT2D eigenvalue weighted by Crippen LogP contribution is 2.26. The number of urea groups is 1. The van der Waals surface area contributed by atoms with E-state index >= 15 is 0 Å². The summed E-state index contributed by atoms with van der Waals surface area (Å²) < 4.78 is 10.8. The van der Waals surface area contributed by atoms with Crippen molar-refractivity contribution in [1.29, 1.82) is 0 Å². The van der Waals surface area contributed by atoms with Crippen LogP contribution in [0.1, 0.15) is 28.8 Å². The highest BCUT2D eigenvalue weighted by atomic mass is 16.5. The molecule has 2 heterocycles. The summed E-state index contributed by atoms with van der Waals surface area (Å²) in [5.41, 5.74) is 2.22. The first-order valence-electron chi connectivity index (χ1n) is 9.74. The summed E-state index contributed by atoms with van der Waals surface area (Å²) in [6.07, 6.45) is 1.36. The van der Waals surface area contributed by atoms with Gasteiger partial charge in [-0.3, -0.25) is 0 Å². The Balaban J connectivity index is 1.24. The first-order chi connectivity index (χ1) is 14.2. The number of carbonyl (C=O) groups excluding carboxylic acids is 1. The van der Waals surface area contributed by atoms with E-state index < -0.39 is 0 Å². The molecule has 1 saturated heterocycles. The zero-order chi connectivity index (χ0) is 20.1. The molecular formula is C22H24N4O3. The summed E-state index contributed by atoms with van der Waals surface area (Å²) in [5, 5.41) is 7.04. The van der Waals surface area contributed by atoms with E-state index in [1.807, 2.05) is 42.5 Å². The Bertz CT molecular complexity index is 951. The summed E-state index contributed by atoms with van der Waals surface area (Å²) in [4.78, 5) is 18.5. The number of benzene rings is 2. The molecule has 0 saturated carbocycles. The average molecular weight is 392 g/mol. The maximum Gasteiger partial charge on any atom is 0.317 e. The normalized spacial score (nSPS) is 13.8. The maximum absolute atomic E-state index is 12.2. The molecule has 7 heteroatoms. The van der Waals surface area contributed by atoms with Gasteiger partial charge in [-0.15, -0.1) is 0 Å². The van der Waals surface area contributed by atoms with Crippen LogP contribution in [0.2, 0.25) is 0 Å². The van der Waals surface area contributed by atoms with Crippen LogP contribution < -0.4 is 10.1 Å². The van der Waals surface area contributed by atoms with Crippen LogP contribution in [0.3, 0.4) is 0 Å². The molecule has 0 radical (unpaired) electrons. The van der Waals surface area contributed by atoms with E-state index in [1.54, 1.807) is 12.0 Å². The number of likely N-dealkylation sites (tertiary alicyclic amines) is 1. The number of nitrogens with one attached hydrogen (secondary N) is 1. The van der Waals surface area contributed by atoms with Gasteiger partial charge in [0.2, 0.25) is 5.89 Å². The van der Waals surface area contributed by atoms with E-state index in [9.17, 15) is 4.79 Å². The molecule has 1 N–H and O–H groups in total. The number of hydrogen-bond donors (Lipinski definition) is 1. The molecular weight excluding hydrogens is 368 g/mol.